The van der Waals surface area contributed by atoms with Gasteiger partial charge < -0.3 is 10.4 Å². The van der Waals surface area contributed by atoms with Gasteiger partial charge in [0.25, 0.3) is 10.0 Å². The summed E-state index contributed by atoms with van der Waals surface area (Å²) in [6.07, 6.45) is -4.37. The molecule has 0 saturated heterocycles. The van der Waals surface area contributed by atoms with E-state index in [1.165, 1.54) is 48.5 Å². The van der Waals surface area contributed by atoms with Gasteiger partial charge in [-0.1, -0.05) is 54.6 Å². The van der Waals surface area contributed by atoms with Crippen molar-refractivity contribution in [3.63, 3.8) is 0 Å². The third kappa shape index (κ3) is 5.66. The molecule has 0 unspecified atom stereocenters. The number of carbonyl (C=O) groups excluding carboxylic acids is 1. The van der Waals surface area contributed by atoms with E-state index in [0.717, 1.165) is 16.4 Å². The molecule has 1 aliphatic heterocycles. The number of halogens is 3. The van der Waals surface area contributed by atoms with Gasteiger partial charge in [-0.2, -0.15) is 13.2 Å². The lowest BCUT2D eigenvalue weighted by Gasteiger charge is -2.26. The number of nitrogens with zero attached hydrogens (tertiary/aromatic N) is 1. The average molecular weight is 581 g/mol. The number of alkyl halides is 3. The van der Waals surface area contributed by atoms with E-state index in [9.17, 15) is 31.2 Å². The fraction of sp³-hybridized carbons (Fsp3) is 0.133. The van der Waals surface area contributed by atoms with Crippen molar-refractivity contribution in [2.24, 2.45) is 0 Å². The SMILES string of the molecule is O=C(O)c1ccc(CNC(=O)[C@@H]2Cc3ccccc3N2S(=O)(=O)c2ccc(-c3cccc(C(F)(F)F)c3)cc2)cc1. The Kier molecular flexibility index (Phi) is 7.31. The van der Waals surface area contributed by atoms with Crippen LogP contribution in [0.15, 0.2) is 102 Å². The van der Waals surface area contributed by atoms with Crippen LogP contribution in [0.1, 0.15) is 27.0 Å². The summed E-state index contributed by atoms with van der Waals surface area (Å²) in [4.78, 5) is 24.3. The molecule has 7 nitrogen and oxygen atoms in total. The van der Waals surface area contributed by atoms with E-state index < -0.39 is 39.7 Å². The van der Waals surface area contributed by atoms with E-state index in [1.807, 2.05) is 0 Å². The Morgan fingerprint density at radius 1 is 0.878 bits per heavy atom. The van der Waals surface area contributed by atoms with Gasteiger partial charge in [0, 0.05) is 13.0 Å². The minimum atomic E-state index is -4.51. The quantitative estimate of drug-likeness (QED) is 0.300. The van der Waals surface area contributed by atoms with Crippen molar-refractivity contribution in [1.29, 1.82) is 0 Å². The molecule has 1 heterocycles. The van der Waals surface area contributed by atoms with E-state index in [0.29, 0.717) is 22.4 Å². The van der Waals surface area contributed by atoms with E-state index in [2.05, 4.69) is 5.32 Å². The van der Waals surface area contributed by atoms with Crippen molar-refractivity contribution in [2.45, 2.75) is 30.1 Å². The van der Waals surface area contributed by atoms with Crippen LogP contribution in [0.4, 0.5) is 18.9 Å². The maximum absolute atomic E-state index is 13.9. The number of carbonyl (C=O) groups is 2. The number of hydrogen-bond acceptors (Lipinski definition) is 4. The first kappa shape index (κ1) is 27.9. The number of hydrogen-bond donors (Lipinski definition) is 2. The van der Waals surface area contributed by atoms with Crippen molar-refractivity contribution in [3.8, 4) is 11.1 Å². The summed E-state index contributed by atoms with van der Waals surface area (Å²) < 4.78 is 68.3. The normalized spacial score (nSPS) is 14.9. The van der Waals surface area contributed by atoms with Crippen molar-refractivity contribution in [1.82, 2.24) is 5.32 Å². The van der Waals surface area contributed by atoms with Crippen molar-refractivity contribution >= 4 is 27.6 Å². The molecular formula is C30H23F3N2O5S. The number of carboxylic acid groups (broad SMARTS) is 1. The molecule has 11 heteroatoms. The highest BCUT2D eigenvalue weighted by atomic mass is 32.2. The molecule has 2 N–H and O–H groups in total. The van der Waals surface area contributed by atoms with Crippen LogP contribution >= 0.6 is 0 Å². The zero-order valence-corrected chi connectivity index (χ0v) is 22.1. The van der Waals surface area contributed by atoms with E-state index in [-0.39, 0.29) is 29.0 Å². The van der Waals surface area contributed by atoms with Crippen molar-refractivity contribution < 1.29 is 36.3 Å². The zero-order chi connectivity index (χ0) is 29.4. The standard InChI is InChI=1S/C30H23F3N2O5S/c31-30(32,33)24-6-3-5-22(16-24)20-12-14-25(15-13-20)41(39,40)35-26-7-2-1-4-23(26)17-27(35)28(36)34-18-19-8-10-21(11-9-19)29(37)38/h1-16,27H,17-18H2,(H,34,36)(H,37,38)/t27-/m0/s1. The number of benzene rings is 4. The van der Waals surface area contributed by atoms with Crippen LogP contribution < -0.4 is 9.62 Å². The predicted molar refractivity (Wildman–Crippen MR) is 146 cm³/mol. The highest BCUT2D eigenvalue weighted by Gasteiger charge is 2.42. The predicted octanol–water partition coefficient (Wildman–Crippen LogP) is 5.51. The molecule has 0 spiro atoms. The maximum atomic E-state index is 13.9. The highest BCUT2D eigenvalue weighted by Crippen LogP contribution is 2.38. The molecule has 0 bridgehead atoms. The second-order valence-corrected chi connectivity index (χ2v) is 11.3. The topological polar surface area (TPSA) is 104 Å². The number of aromatic carboxylic acids is 1. The first-order valence-corrected chi connectivity index (χ1v) is 13.9. The monoisotopic (exact) mass is 580 g/mol. The Balaban J connectivity index is 1.40. The van der Waals surface area contributed by atoms with Gasteiger partial charge in [0.1, 0.15) is 6.04 Å². The summed E-state index contributed by atoms with van der Waals surface area (Å²) >= 11 is 0. The summed E-state index contributed by atoms with van der Waals surface area (Å²) in [5.74, 6) is -1.61. The van der Waals surface area contributed by atoms with E-state index in [4.69, 9.17) is 5.11 Å². The lowest BCUT2D eigenvalue weighted by molar-refractivity contribution is -0.137. The number of rotatable bonds is 7. The lowest BCUT2D eigenvalue weighted by atomic mass is 10.0. The fourth-order valence-electron chi connectivity index (χ4n) is 4.73. The van der Waals surface area contributed by atoms with Crippen LogP contribution in [0.2, 0.25) is 0 Å². The van der Waals surface area contributed by atoms with E-state index >= 15 is 0 Å². The van der Waals surface area contributed by atoms with Crippen molar-refractivity contribution in [3.05, 3.63) is 119 Å². The van der Waals surface area contributed by atoms with Gasteiger partial charge in [0.2, 0.25) is 5.91 Å². The molecule has 1 amide bonds. The Hall–Kier alpha value is -4.64. The van der Waals surface area contributed by atoms with E-state index in [1.54, 1.807) is 36.4 Å². The molecule has 0 radical (unpaired) electrons. The van der Waals surface area contributed by atoms with Crippen molar-refractivity contribution in [2.75, 3.05) is 4.31 Å². The van der Waals surface area contributed by atoms with Gasteiger partial charge in [-0.3, -0.25) is 9.10 Å². The van der Waals surface area contributed by atoms with Crippen LogP contribution in [-0.4, -0.2) is 31.4 Å². The average Bonchev–Trinajstić information content (AvgIpc) is 3.36. The molecule has 5 rings (SSSR count). The van der Waals surface area contributed by atoms with Crippen LogP contribution in [0.3, 0.4) is 0 Å². The van der Waals surface area contributed by atoms with Crippen LogP contribution in [-0.2, 0) is 34.0 Å². The lowest BCUT2D eigenvalue weighted by Crippen LogP contribution is -2.47. The molecule has 4 aromatic rings. The van der Waals surface area contributed by atoms with Gasteiger partial charge in [0.05, 0.1) is 21.7 Å². The smallest absolute Gasteiger partial charge is 0.416 e. The Morgan fingerprint density at radius 2 is 1.56 bits per heavy atom. The Labute approximate surface area is 233 Å². The number of sulfonamides is 1. The Morgan fingerprint density at radius 3 is 2.22 bits per heavy atom. The number of fused-ring (bicyclic) bond motifs is 1. The van der Waals surface area contributed by atoms with Crippen LogP contribution in [0, 0.1) is 0 Å². The zero-order valence-electron chi connectivity index (χ0n) is 21.3. The first-order valence-electron chi connectivity index (χ1n) is 12.4. The molecule has 1 atom stereocenters. The summed E-state index contributed by atoms with van der Waals surface area (Å²) in [5, 5.41) is 11.8. The number of anilines is 1. The maximum Gasteiger partial charge on any atom is 0.416 e. The fourth-order valence-corrected chi connectivity index (χ4v) is 6.38. The molecular weight excluding hydrogens is 557 g/mol. The van der Waals surface area contributed by atoms with Gasteiger partial charge in [0.15, 0.2) is 0 Å². The molecule has 0 saturated carbocycles. The molecule has 0 aromatic heterocycles. The summed E-state index contributed by atoms with van der Waals surface area (Å²) in [6.45, 7) is 0.0607. The number of para-hydroxylation sites is 1. The molecule has 0 aliphatic carbocycles. The largest absolute Gasteiger partial charge is 0.478 e. The second-order valence-electron chi connectivity index (χ2n) is 9.47. The summed E-state index contributed by atoms with van der Waals surface area (Å²) in [5.41, 5.74) is 1.64. The van der Waals surface area contributed by atoms with Crippen LogP contribution in [0.5, 0.6) is 0 Å². The third-order valence-electron chi connectivity index (χ3n) is 6.83. The first-order chi connectivity index (χ1) is 19.4. The molecule has 210 valence electrons. The molecule has 41 heavy (non-hydrogen) atoms. The van der Waals surface area contributed by atoms with Gasteiger partial charge in [-0.15, -0.1) is 0 Å². The van der Waals surface area contributed by atoms with Crippen LogP contribution in [0.25, 0.3) is 11.1 Å². The molecule has 1 aliphatic rings. The minimum Gasteiger partial charge on any atom is -0.478 e. The van der Waals surface area contributed by atoms with Gasteiger partial charge >= 0.3 is 12.1 Å². The number of amides is 1. The minimum absolute atomic E-state index is 0.0607. The Bertz CT molecular complexity index is 1720. The number of nitrogens with one attached hydrogen (secondary N) is 1. The van der Waals surface area contributed by atoms with Gasteiger partial charge in [-0.05, 0) is 64.7 Å². The molecule has 4 aromatic carbocycles. The number of carboxylic acids is 1. The second kappa shape index (κ2) is 10.7. The molecule has 0 fully saturated rings. The summed E-state index contributed by atoms with van der Waals surface area (Å²) in [6, 6.07) is 21.9. The summed E-state index contributed by atoms with van der Waals surface area (Å²) in [7, 11) is -4.25. The third-order valence-corrected chi connectivity index (χ3v) is 8.67. The van der Waals surface area contributed by atoms with Gasteiger partial charge in [-0.25, -0.2) is 13.2 Å². The highest BCUT2D eigenvalue weighted by molar-refractivity contribution is 7.93.